The predicted molar refractivity (Wildman–Crippen MR) is 51.0 cm³/mol. The number of carboxylic acid groups (broad SMARTS) is 1. The van der Waals surface area contributed by atoms with Crippen LogP contribution in [-0.2, 0) is 4.79 Å². The van der Waals surface area contributed by atoms with Crippen LogP contribution in [0.3, 0.4) is 0 Å². The van der Waals surface area contributed by atoms with E-state index in [4.69, 9.17) is 5.11 Å². The number of halogens is 1. The van der Waals surface area contributed by atoms with Crippen LogP contribution in [0, 0.1) is 15.9 Å². The molecule has 0 fully saturated rings. The van der Waals surface area contributed by atoms with E-state index in [1.807, 2.05) is 0 Å². The number of rotatable bonds is 4. The normalized spacial score (nSPS) is 11.9. The first kappa shape index (κ1) is 12.7. The molecule has 8 heteroatoms. The first-order chi connectivity index (χ1) is 7.88. The van der Waals surface area contributed by atoms with Gasteiger partial charge in [-0.05, 0) is 6.07 Å². The largest absolute Gasteiger partial charge is 0.479 e. The molecular formula is C9H6FNO6. The molecule has 1 unspecified atom stereocenters. The van der Waals surface area contributed by atoms with Gasteiger partial charge < -0.3 is 10.2 Å². The van der Waals surface area contributed by atoms with Crippen molar-refractivity contribution < 1.29 is 29.1 Å². The van der Waals surface area contributed by atoms with Crippen molar-refractivity contribution in [2.45, 2.75) is 6.10 Å². The Balaban J connectivity index is 3.46. The molecule has 7 nitrogen and oxygen atoms in total. The standard InChI is InChI=1S/C9H6FNO6/c10-6-1-4(3-12)5(8(13)9(14)15)2-7(6)11(16)17/h1-3,8,13H,(H,14,15). The van der Waals surface area contributed by atoms with E-state index < -0.39 is 39.6 Å². The summed E-state index contributed by atoms with van der Waals surface area (Å²) in [6.07, 6.45) is -2.02. The van der Waals surface area contributed by atoms with Gasteiger partial charge in [-0.15, -0.1) is 0 Å². The number of carboxylic acids is 1. The number of carbonyl (C=O) groups is 2. The molecular weight excluding hydrogens is 237 g/mol. The zero-order valence-electron chi connectivity index (χ0n) is 8.16. The van der Waals surface area contributed by atoms with Crippen molar-refractivity contribution in [1.82, 2.24) is 0 Å². The smallest absolute Gasteiger partial charge is 0.337 e. The molecule has 0 amide bonds. The molecule has 17 heavy (non-hydrogen) atoms. The first-order valence-electron chi connectivity index (χ1n) is 4.22. The third kappa shape index (κ3) is 2.42. The summed E-state index contributed by atoms with van der Waals surface area (Å²) in [4.78, 5) is 30.4. The van der Waals surface area contributed by atoms with Crippen LogP contribution < -0.4 is 0 Å². The van der Waals surface area contributed by atoms with E-state index in [-0.39, 0.29) is 6.29 Å². The Morgan fingerprint density at radius 1 is 1.53 bits per heavy atom. The van der Waals surface area contributed by atoms with Gasteiger partial charge in [0.15, 0.2) is 12.4 Å². The zero-order valence-corrected chi connectivity index (χ0v) is 8.16. The summed E-state index contributed by atoms with van der Waals surface area (Å²) in [5, 5.41) is 28.1. The highest BCUT2D eigenvalue weighted by Gasteiger charge is 2.25. The Bertz CT molecular complexity index is 501. The Kier molecular flexibility index (Phi) is 3.49. The molecule has 90 valence electrons. The predicted octanol–water partition coefficient (Wildman–Crippen LogP) is 0.664. The summed E-state index contributed by atoms with van der Waals surface area (Å²) in [7, 11) is 0. The number of aldehydes is 1. The molecule has 0 aliphatic rings. The molecule has 0 aromatic heterocycles. The number of nitrogens with zero attached hydrogens (tertiary/aromatic N) is 1. The molecule has 1 aromatic rings. The lowest BCUT2D eigenvalue weighted by atomic mass is 10.0. The summed E-state index contributed by atoms with van der Waals surface area (Å²) in [5.74, 6) is -2.98. The van der Waals surface area contributed by atoms with Crippen molar-refractivity contribution in [2.75, 3.05) is 0 Å². The second-order valence-electron chi connectivity index (χ2n) is 3.05. The van der Waals surface area contributed by atoms with Gasteiger partial charge in [-0.25, -0.2) is 4.79 Å². The van der Waals surface area contributed by atoms with Crippen LogP contribution >= 0.6 is 0 Å². The molecule has 0 aliphatic heterocycles. The van der Waals surface area contributed by atoms with Gasteiger partial charge in [-0.3, -0.25) is 14.9 Å². The van der Waals surface area contributed by atoms with Crippen molar-refractivity contribution in [3.05, 3.63) is 39.2 Å². The van der Waals surface area contributed by atoms with Gasteiger partial charge in [0.1, 0.15) is 0 Å². The van der Waals surface area contributed by atoms with E-state index in [1.165, 1.54) is 0 Å². The third-order valence-corrected chi connectivity index (χ3v) is 2.00. The first-order valence-corrected chi connectivity index (χ1v) is 4.22. The molecule has 2 N–H and O–H groups in total. The fraction of sp³-hybridized carbons (Fsp3) is 0.111. The number of benzene rings is 1. The molecule has 0 spiro atoms. The fourth-order valence-electron chi connectivity index (χ4n) is 1.21. The van der Waals surface area contributed by atoms with Crippen molar-refractivity contribution in [1.29, 1.82) is 0 Å². The van der Waals surface area contributed by atoms with Gasteiger partial charge in [0.2, 0.25) is 5.82 Å². The van der Waals surface area contributed by atoms with Gasteiger partial charge in [-0.2, -0.15) is 4.39 Å². The Morgan fingerprint density at radius 3 is 2.53 bits per heavy atom. The number of hydrogen-bond donors (Lipinski definition) is 2. The van der Waals surface area contributed by atoms with Gasteiger partial charge >= 0.3 is 11.7 Å². The molecule has 0 saturated carbocycles. The van der Waals surface area contributed by atoms with Crippen molar-refractivity contribution in [3.8, 4) is 0 Å². The van der Waals surface area contributed by atoms with Crippen LogP contribution in [0.5, 0.6) is 0 Å². The maximum absolute atomic E-state index is 13.1. The number of nitro groups is 1. The highest BCUT2D eigenvalue weighted by atomic mass is 19.1. The summed E-state index contributed by atoms with van der Waals surface area (Å²) in [5.41, 5.74) is -1.99. The highest BCUT2D eigenvalue weighted by Crippen LogP contribution is 2.26. The average molecular weight is 243 g/mol. The van der Waals surface area contributed by atoms with Gasteiger partial charge in [0.05, 0.1) is 4.92 Å². The highest BCUT2D eigenvalue weighted by molar-refractivity contribution is 5.83. The fourth-order valence-corrected chi connectivity index (χ4v) is 1.21. The SMILES string of the molecule is O=Cc1cc(F)c([N+](=O)[O-])cc1C(O)C(=O)O. The van der Waals surface area contributed by atoms with E-state index >= 15 is 0 Å². The molecule has 0 saturated heterocycles. The lowest BCUT2D eigenvalue weighted by Gasteiger charge is -2.08. The van der Waals surface area contributed by atoms with Crippen LogP contribution in [0.15, 0.2) is 12.1 Å². The van der Waals surface area contributed by atoms with Crippen LogP contribution in [0.25, 0.3) is 0 Å². The molecule has 0 radical (unpaired) electrons. The minimum atomic E-state index is -2.13. The van der Waals surface area contributed by atoms with Crippen LogP contribution in [-0.4, -0.2) is 27.4 Å². The van der Waals surface area contributed by atoms with Crippen LogP contribution in [0.1, 0.15) is 22.0 Å². The van der Waals surface area contributed by atoms with Crippen molar-refractivity contribution in [2.24, 2.45) is 0 Å². The zero-order chi connectivity index (χ0) is 13.2. The molecule has 1 aromatic carbocycles. The van der Waals surface area contributed by atoms with E-state index in [0.717, 1.165) is 0 Å². The molecule has 1 atom stereocenters. The lowest BCUT2D eigenvalue weighted by molar-refractivity contribution is -0.387. The third-order valence-electron chi connectivity index (χ3n) is 2.00. The molecule has 0 aliphatic carbocycles. The van der Waals surface area contributed by atoms with Gasteiger partial charge in [0, 0.05) is 17.2 Å². The van der Waals surface area contributed by atoms with Gasteiger partial charge in [0.25, 0.3) is 0 Å². The average Bonchev–Trinajstić information content (AvgIpc) is 2.26. The summed E-state index contributed by atoms with van der Waals surface area (Å²) >= 11 is 0. The van der Waals surface area contributed by atoms with Crippen LogP contribution in [0.2, 0.25) is 0 Å². The molecule has 0 bridgehead atoms. The van der Waals surface area contributed by atoms with Crippen LogP contribution in [0.4, 0.5) is 10.1 Å². The number of aliphatic carboxylic acids is 1. The Morgan fingerprint density at radius 2 is 2.12 bits per heavy atom. The topological polar surface area (TPSA) is 118 Å². The van der Waals surface area contributed by atoms with Crippen molar-refractivity contribution in [3.63, 3.8) is 0 Å². The number of nitro benzene ring substituents is 1. The van der Waals surface area contributed by atoms with Crippen molar-refractivity contribution >= 4 is 17.9 Å². The number of hydrogen-bond acceptors (Lipinski definition) is 5. The lowest BCUT2D eigenvalue weighted by Crippen LogP contribution is -2.13. The minimum Gasteiger partial charge on any atom is -0.479 e. The van der Waals surface area contributed by atoms with Gasteiger partial charge in [-0.1, -0.05) is 0 Å². The maximum Gasteiger partial charge on any atom is 0.337 e. The summed E-state index contributed by atoms with van der Waals surface area (Å²) < 4.78 is 13.1. The van der Waals surface area contributed by atoms with E-state index in [2.05, 4.69) is 0 Å². The monoisotopic (exact) mass is 243 g/mol. The second kappa shape index (κ2) is 4.66. The molecule has 1 rings (SSSR count). The number of aliphatic hydroxyl groups excluding tert-OH is 1. The number of aliphatic hydroxyl groups is 1. The van der Waals surface area contributed by atoms with E-state index in [1.54, 1.807) is 0 Å². The number of carbonyl (C=O) groups excluding carboxylic acids is 1. The Labute approximate surface area is 93.3 Å². The molecule has 0 heterocycles. The second-order valence-corrected chi connectivity index (χ2v) is 3.05. The Hall–Kier alpha value is -2.35. The van der Waals surface area contributed by atoms with E-state index in [9.17, 15) is 29.2 Å². The van der Waals surface area contributed by atoms with E-state index in [0.29, 0.717) is 12.1 Å². The summed E-state index contributed by atoms with van der Waals surface area (Å²) in [6.45, 7) is 0. The summed E-state index contributed by atoms with van der Waals surface area (Å²) in [6, 6.07) is 1.03. The quantitative estimate of drug-likeness (QED) is 0.455. The maximum atomic E-state index is 13.1. The minimum absolute atomic E-state index is 0.105.